The third-order valence-electron chi connectivity index (χ3n) is 1.09. The van der Waals surface area contributed by atoms with Gasteiger partial charge in [-0.15, -0.1) is 12.4 Å². The highest BCUT2D eigenvalue weighted by Crippen LogP contribution is 1.99. The molecule has 0 spiro atoms. The second-order valence-corrected chi connectivity index (χ2v) is 1.74. The van der Waals surface area contributed by atoms with Crippen molar-refractivity contribution in [2.45, 2.75) is 12.8 Å². The first kappa shape index (κ1) is 8.72. The summed E-state index contributed by atoms with van der Waals surface area (Å²) < 4.78 is 0. The van der Waals surface area contributed by atoms with Crippen LogP contribution in [0.15, 0.2) is 4.99 Å². The topological polar surface area (TPSA) is 33.6 Å². The van der Waals surface area contributed by atoms with Gasteiger partial charge in [-0.3, -0.25) is 15.3 Å². The Morgan fingerprint density at radius 3 is 2.89 bits per heavy atom. The van der Waals surface area contributed by atoms with Gasteiger partial charge in [0.15, 0.2) is 0 Å². The average Bonchev–Trinajstić information content (AvgIpc) is 2.19. The first-order valence-electron chi connectivity index (χ1n) is 2.76. The van der Waals surface area contributed by atoms with Crippen molar-refractivity contribution in [3.63, 3.8) is 0 Å². The second kappa shape index (κ2) is 4.58. The number of nitrogens with zero attached hydrogens (tertiary/aromatic N) is 1. The Balaban J connectivity index is 0.000000640. The zero-order valence-corrected chi connectivity index (χ0v) is 6.20. The number of nitrogens with one attached hydrogen (secondary N) is 1. The molecule has 0 atom stereocenters. The number of halogens is 1. The molecule has 0 aromatic carbocycles. The minimum Gasteiger partial charge on any atom is -0.278 e. The molecule has 0 amide bonds. The fourth-order valence-electron chi connectivity index (χ4n) is 0.741. The van der Waals surface area contributed by atoms with Crippen LogP contribution in [0.4, 0.5) is 0 Å². The lowest BCUT2D eigenvalue weighted by Gasteiger charge is -1.98. The van der Waals surface area contributed by atoms with E-state index >= 15 is 0 Å². The molecule has 0 aromatic rings. The molecule has 1 rings (SSSR count). The lowest BCUT2D eigenvalue weighted by molar-refractivity contribution is 0.143. The molecule has 9 heavy (non-hydrogen) atoms. The Morgan fingerprint density at radius 2 is 2.44 bits per heavy atom. The summed E-state index contributed by atoms with van der Waals surface area (Å²) >= 11 is 0. The van der Waals surface area contributed by atoms with E-state index in [1.165, 1.54) is 0 Å². The van der Waals surface area contributed by atoms with Gasteiger partial charge in [-0.2, -0.15) is 0 Å². The highest BCUT2D eigenvalue weighted by atomic mass is 35.5. The van der Waals surface area contributed by atoms with E-state index < -0.39 is 0 Å². The van der Waals surface area contributed by atoms with E-state index in [9.17, 15) is 0 Å². The molecule has 0 fully saturated rings. The molecule has 0 aliphatic carbocycles. The van der Waals surface area contributed by atoms with Crippen LogP contribution in [-0.2, 0) is 4.84 Å². The first-order valence-corrected chi connectivity index (χ1v) is 2.76. The summed E-state index contributed by atoms with van der Waals surface area (Å²) in [5, 5.41) is 0. The van der Waals surface area contributed by atoms with E-state index in [0.29, 0.717) is 0 Å². The van der Waals surface area contributed by atoms with E-state index in [2.05, 4.69) is 15.3 Å². The van der Waals surface area contributed by atoms with Gasteiger partial charge in [0.05, 0.1) is 7.11 Å². The number of hydrogen-bond acceptors (Lipinski definition) is 3. The fourth-order valence-corrected chi connectivity index (χ4v) is 0.741. The van der Waals surface area contributed by atoms with Crippen molar-refractivity contribution < 1.29 is 4.84 Å². The Labute approximate surface area is 60.9 Å². The van der Waals surface area contributed by atoms with Crippen LogP contribution >= 0.6 is 12.4 Å². The van der Waals surface area contributed by atoms with Crippen molar-refractivity contribution in [1.82, 2.24) is 5.48 Å². The van der Waals surface area contributed by atoms with Crippen LogP contribution in [0.2, 0.25) is 0 Å². The Bertz CT molecular complexity index is 105. The molecule has 0 saturated carbocycles. The number of hydroxylamine groups is 1. The maximum atomic E-state index is 4.64. The zero-order valence-electron chi connectivity index (χ0n) is 5.39. The van der Waals surface area contributed by atoms with E-state index in [1.807, 2.05) is 0 Å². The van der Waals surface area contributed by atoms with Crippen LogP contribution < -0.4 is 5.48 Å². The van der Waals surface area contributed by atoms with Gasteiger partial charge in [0, 0.05) is 13.0 Å². The lowest BCUT2D eigenvalue weighted by Crippen LogP contribution is -2.19. The minimum atomic E-state index is 0. The molecule has 4 heteroatoms. The molecule has 0 unspecified atom stereocenters. The summed E-state index contributed by atoms with van der Waals surface area (Å²) in [6.07, 6.45) is 2.19. The van der Waals surface area contributed by atoms with E-state index in [0.717, 1.165) is 25.2 Å². The van der Waals surface area contributed by atoms with Crippen LogP contribution in [0.1, 0.15) is 12.8 Å². The van der Waals surface area contributed by atoms with Gasteiger partial charge >= 0.3 is 0 Å². The summed E-state index contributed by atoms with van der Waals surface area (Å²) in [5.41, 5.74) is 2.69. The maximum absolute atomic E-state index is 4.64. The highest BCUT2D eigenvalue weighted by Gasteiger charge is 2.02. The molecule has 1 N–H and O–H groups in total. The van der Waals surface area contributed by atoms with Crippen molar-refractivity contribution >= 4 is 18.2 Å². The SMILES string of the molecule is CONC1=NCCC1.Cl. The minimum absolute atomic E-state index is 0. The van der Waals surface area contributed by atoms with Crippen LogP contribution in [0.5, 0.6) is 0 Å². The van der Waals surface area contributed by atoms with Crippen LogP contribution in [0.25, 0.3) is 0 Å². The van der Waals surface area contributed by atoms with Gasteiger partial charge in [-0.25, -0.2) is 0 Å². The molecule has 0 bridgehead atoms. The zero-order chi connectivity index (χ0) is 5.82. The van der Waals surface area contributed by atoms with Gasteiger partial charge in [0.2, 0.25) is 0 Å². The van der Waals surface area contributed by atoms with Crippen LogP contribution in [-0.4, -0.2) is 19.5 Å². The normalized spacial score (nSPS) is 16.3. The second-order valence-electron chi connectivity index (χ2n) is 1.74. The molecule has 1 heterocycles. The predicted octanol–water partition coefficient (Wildman–Crippen LogP) is 0.751. The predicted molar refractivity (Wildman–Crippen MR) is 38.9 cm³/mol. The first-order chi connectivity index (χ1) is 3.93. The number of hydrogen-bond donors (Lipinski definition) is 1. The summed E-state index contributed by atoms with van der Waals surface area (Å²) in [4.78, 5) is 8.75. The van der Waals surface area contributed by atoms with Gasteiger partial charge in [0.1, 0.15) is 5.84 Å². The van der Waals surface area contributed by atoms with Gasteiger partial charge in [-0.05, 0) is 6.42 Å². The van der Waals surface area contributed by atoms with Gasteiger partial charge < -0.3 is 0 Å². The third kappa shape index (κ3) is 2.67. The van der Waals surface area contributed by atoms with Crippen LogP contribution in [0.3, 0.4) is 0 Å². The fraction of sp³-hybridized carbons (Fsp3) is 0.800. The van der Waals surface area contributed by atoms with E-state index in [4.69, 9.17) is 0 Å². The van der Waals surface area contributed by atoms with Gasteiger partial charge in [0.25, 0.3) is 0 Å². The molecular formula is C5H11ClN2O. The molecule has 0 aromatic heterocycles. The lowest BCUT2D eigenvalue weighted by atomic mass is 10.3. The molecule has 3 nitrogen and oxygen atoms in total. The number of rotatable bonds is 1. The molecule has 0 radical (unpaired) electrons. The molecule has 0 saturated heterocycles. The standard InChI is InChI=1S/C5H10N2O.ClH/c1-8-7-5-3-2-4-6-5;/h2-4H2,1H3,(H,6,7);1H. The van der Waals surface area contributed by atoms with Crippen molar-refractivity contribution in [3.8, 4) is 0 Å². The number of aliphatic imine (C=N–C) groups is 1. The van der Waals surface area contributed by atoms with Crippen molar-refractivity contribution in [1.29, 1.82) is 0 Å². The summed E-state index contributed by atoms with van der Waals surface area (Å²) in [7, 11) is 1.60. The Kier molecular flexibility index (Phi) is 4.44. The largest absolute Gasteiger partial charge is 0.278 e. The summed E-state index contributed by atoms with van der Waals surface area (Å²) in [6.45, 7) is 0.950. The molecular weight excluding hydrogens is 140 g/mol. The monoisotopic (exact) mass is 150 g/mol. The van der Waals surface area contributed by atoms with Gasteiger partial charge in [-0.1, -0.05) is 0 Å². The van der Waals surface area contributed by atoms with E-state index in [1.54, 1.807) is 7.11 Å². The third-order valence-corrected chi connectivity index (χ3v) is 1.09. The van der Waals surface area contributed by atoms with E-state index in [-0.39, 0.29) is 12.4 Å². The smallest absolute Gasteiger partial charge is 0.120 e. The molecule has 54 valence electrons. The van der Waals surface area contributed by atoms with Crippen molar-refractivity contribution in [3.05, 3.63) is 0 Å². The summed E-state index contributed by atoms with van der Waals surface area (Å²) in [5.74, 6) is 0.979. The number of amidine groups is 1. The van der Waals surface area contributed by atoms with Crippen molar-refractivity contribution in [2.75, 3.05) is 13.7 Å². The highest BCUT2D eigenvalue weighted by molar-refractivity contribution is 5.85. The maximum Gasteiger partial charge on any atom is 0.120 e. The Morgan fingerprint density at radius 1 is 1.67 bits per heavy atom. The molecule has 1 aliphatic rings. The quantitative estimate of drug-likeness (QED) is 0.560. The molecule has 1 aliphatic heterocycles. The summed E-state index contributed by atoms with van der Waals surface area (Å²) in [6, 6.07) is 0. The van der Waals surface area contributed by atoms with Crippen molar-refractivity contribution in [2.24, 2.45) is 4.99 Å². The van der Waals surface area contributed by atoms with Crippen LogP contribution in [0, 0.1) is 0 Å². The average molecular weight is 151 g/mol. The Hall–Kier alpha value is -0.280.